The number of hydrogen-bond donors (Lipinski definition) is 1. The molecule has 7 nitrogen and oxygen atoms in total. The zero-order valence-corrected chi connectivity index (χ0v) is 14.9. The second-order valence-corrected chi connectivity index (χ2v) is 6.27. The minimum Gasteiger partial charge on any atom is -0.276 e. The number of carbonyl (C=O) groups excluding carboxylic acids is 3. The summed E-state index contributed by atoms with van der Waals surface area (Å²) in [6.45, 7) is 1.87. The monoisotopic (exact) mass is 380 g/mol. The quantitative estimate of drug-likeness (QED) is 0.652. The number of anilines is 1. The fourth-order valence-corrected chi connectivity index (χ4v) is 2.69. The molecule has 134 valence electrons. The smallest absolute Gasteiger partial charge is 0.276 e. The highest BCUT2D eigenvalue weighted by Crippen LogP contribution is 2.25. The highest BCUT2D eigenvalue weighted by Gasteiger charge is 2.40. The molecule has 1 heterocycles. The fraction of sp³-hybridized carbons (Fsp3) is 0.105. The molecule has 1 N–H and O–H groups in total. The summed E-state index contributed by atoms with van der Waals surface area (Å²) in [6, 6.07) is 12.3. The van der Waals surface area contributed by atoms with Crippen LogP contribution in [-0.4, -0.2) is 24.1 Å². The van der Waals surface area contributed by atoms with Gasteiger partial charge in [-0.2, -0.15) is 5.26 Å². The molecule has 3 rings (SSSR count). The zero-order valence-electron chi connectivity index (χ0n) is 14.1. The molecule has 0 saturated carbocycles. The molecule has 0 aromatic heterocycles. The van der Waals surface area contributed by atoms with Crippen molar-refractivity contribution in [1.29, 1.82) is 5.26 Å². The van der Waals surface area contributed by atoms with Crippen molar-refractivity contribution in [2.75, 3.05) is 4.90 Å². The fourth-order valence-electron chi connectivity index (χ4n) is 2.52. The number of aliphatic imine (C=N–C) groups is 1. The van der Waals surface area contributed by atoms with Crippen LogP contribution in [0.1, 0.15) is 11.1 Å². The van der Waals surface area contributed by atoms with E-state index in [0.29, 0.717) is 10.7 Å². The second kappa shape index (κ2) is 7.40. The summed E-state index contributed by atoms with van der Waals surface area (Å²) in [5, 5.41) is 11.6. The first-order valence-corrected chi connectivity index (χ1v) is 8.28. The van der Waals surface area contributed by atoms with E-state index < -0.39 is 23.8 Å². The highest BCUT2D eigenvalue weighted by atomic mass is 35.5. The van der Waals surface area contributed by atoms with Crippen LogP contribution in [-0.2, 0) is 9.59 Å². The van der Waals surface area contributed by atoms with Crippen molar-refractivity contribution >= 4 is 47.0 Å². The number of nitrogens with one attached hydrogen (secondary N) is 1. The summed E-state index contributed by atoms with van der Waals surface area (Å²) in [5.41, 5.74) is 1.77. The number of aryl methyl sites for hydroxylation is 1. The predicted molar refractivity (Wildman–Crippen MR) is 100 cm³/mol. The molecular formula is C19H13ClN4O3. The summed E-state index contributed by atoms with van der Waals surface area (Å²) in [7, 11) is 0. The Morgan fingerprint density at radius 3 is 2.56 bits per heavy atom. The van der Waals surface area contributed by atoms with Crippen molar-refractivity contribution in [3.8, 4) is 6.07 Å². The van der Waals surface area contributed by atoms with Crippen LogP contribution in [0.25, 0.3) is 0 Å². The van der Waals surface area contributed by atoms with E-state index >= 15 is 0 Å². The number of halogens is 1. The first kappa shape index (κ1) is 18.3. The average molecular weight is 381 g/mol. The van der Waals surface area contributed by atoms with Crippen molar-refractivity contribution in [3.05, 3.63) is 58.6 Å². The van der Waals surface area contributed by atoms with Gasteiger partial charge in [0.15, 0.2) is 5.92 Å². The van der Waals surface area contributed by atoms with E-state index in [9.17, 15) is 14.4 Å². The third kappa shape index (κ3) is 3.71. The van der Waals surface area contributed by atoms with Crippen LogP contribution in [0, 0.1) is 24.2 Å². The molecule has 1 saturated heterocycles. The summed E-state index contributed by atoms with van der Waals surface area (Å²) in [4.78, 5) is 42.0. The number of imide groups is 2. The maximum absolute atomic E-state index is 12.7. The van der Waals surface area contributed by atoms with E-state index in [1.54, 1.807) is 24.3 Å². The number of carbonyl (C=O) groups is 3. The Morgan fingerprint density at radius 1 is 1.19 bits per heavy atom. The Morgan fingerprint density at radius 2 is 1.89 bits per heavy atom. The molecule has 0 radical (unpaired) electrons. The van der Waals surface area contributed by atoms with Crippen LogP contribution in [0.5, 0.6) is 0 Å². The summed E-state index contributed by atoms with van der Waals surface area (Å²) < 4.78 is 0. The molecule has 0 unspecified atom stereocenters. The number of barbiturate groups is 1. The third-order valence-corrected chi connectivity index (χ3v) is 4.17. The molecule has 4 amide bonds. The molecule has 1 fully saturated rings. The first-order valence-electron chi connectivity index (χ1n) is 7.90. The zero-order chi connectivity index (χ0) is 19.6. The Hall–Kier alpha value is -3.50. The SMILES string of the molecule is Cc1ccc(N2C(=O)NC(=O)[C@H](C=Nc3cc(Cl)ccc3C#N)C2=O)cc1. The van der Waals surface area contributed by atoms with Gasteiger partial charge < -0.3 is 0 Å². The van der Waals surface area contributed by atoms with Crippen molar-refractivity contribution in [2.45, 2.75) is 6.92 Å². The van der Waals surface area contributed by atoms with Gasteiger partial charge in [-0.1, -0.05) is 29.3 Å². The lowest BCUT2D eigenvalue weighted by atomic mass is 10.1. The number of nitriles is 1. The number of nitrogens with zero attached hydrogens (tertiary/aromatic N) is 3. The third-order valence-electron chi connectivity index (χ3n) is 3.94. The van der Waals surface area contributed by atoms with E-state index in [2.05, 4.69) is 10.3 Å². The van der Waals surface area contributed by atoms with Gasteiger partial charge in [0.2, 0.25) is 5.91 Å². The first-order chi connectivity index (χ1) is 12.9. The van der Waals surface area contributed by atoms with E-state index in [4.69, 9.17) is 16.9 Å². The predicted octanol–water partition coefficient (Wildman–Crippen LogP) is 3.12. The van der Waals surface area contributed by atoms with E-state index in [0.717, 1.165) is 16.7 Å². The molecule has 1 aliphatic rings. The van der Waals surface area contributed by atoms with Crippen LogP contribution in [0.15, 0.2) is 47.5 Å². The van der Waals surface area contributed by atoms with E-state index in [1.807, 2.05) is 13.0 Å². The lowest BCUT2D eigenvalue weighted by Crippen LogP contribution is -2.58. The lowest BCUT2D eigenvalue weighted by molar-refractivity contribution is -0.131. The molecule has 0 spiro atoms. The van der Waals surface area contributed by atoms with Gasteiger partial charge in [-0.15, -0.1) is 0 Å². The lowest BCUT2D eigenvalue weighted by Gasteiger charge is -2.28. The number of amides is 4. The van der Waals surface area contributed by atoms with Crippen LogP contribution in [0.3, 0.4) is 0 Å². The number of hydrogen-bond acceptors (Lipinski definition) is 5. The van der Waals surface area contributed by atoms with Crippen molar-refractivity contribution < 1.29 is 14.4 Å². The highest BCUT2D eigenvalue weighted by molar-refractivity contribution is 6.33. The Kier molecular flexibility index (Phi) is 5.01. The number of urea groups is 1. The van der Waals surface area contributed by atoms with Crippen molar-refractivity contribution in [3.63, 3.8) is 0 Å². The molecule has 2 aromatic rings. The van der Waals surface area contributed by atoms with Crippen LogP contribution in [0.2, 0.25) is 5.02 Å². The van der Waals surface area contributed by atoms with Gasteiger partial charge in [0.1, 0.15) is 6.07 Å². The maximum atomic E-state index is 12.7. The van der Waals surface area contributed by atoms with Gasteiger partial charge in [-0.3, -0.25) is 19.9 Å². The summed E-state index contributed by atoms with van der Waals surface area (Å²) >= 11 is 5.91. The molecule has 8 heteroatoms. The van der Waals surface area contributed by atoms with E-state index in [1.165, 1.54) is 18.2 Å². The standard InChI is InChI=1S/C19H13ClN4O3/c1-11-2-6-14(7-3-11)24-18(26)15(17(25)23-19(24)27)10-22-16-8-13(20)5-4-12(16)9-21/h2-8,10,15H,1H3,(H,23,25,27)/t15-/m0/s1. The maximum Gasteiger partial charge on any atom is 0.335 e. The van der Waals surface area contributed by atoms with E-state index in [-0.39, 0.29) is 11.3 Å². The van der Waals surface area contributed by atoms with Crippen LogP contribution in [0.4, 0.5) is 16.2 Å². The topological polar surface area (TPSA) is 103 Å². The minimum absolute atomic E-state index is 0.226. The van der Waals surface area contributed by atoms with Gasteiger partial charge in [0.25, 0.3) is 5.91 Å². The van der Waals surface area contributed by atoms with Gasteiger partial charge >= 0.3 is 6.03 Å². The molecule has 0 aliphatic carbocycles. The van der Waals surface area contributed by atoms with Crippen molar-refractivity contribution in [2.24, 2.45) is 10.9 Å². The van der Waals surface area contributed by atoms with Crippen LogP contribution < -0.4 is 10.2 Å². The molecule has 2 aromatic carbocycles. The largest absolute Gasteiger partial charge is 0.335 e. The Bertz CT molecular complexity index is 1010. The minimum atomic E-state index is -1.31. The Balaban J connectivity index is 1.93. The number of benzene rings is 2. The molecule has 1 aliphatic heterocycles. The van der Waals surface area contributed by atoms with Crippen molar-refractivity contribution in [1.82, 2.24) is 5.32 Å². The van der Waals surface area contributed by atoms with Crippen LogP contribution >= 0.6 is 11.6 Å². The Labute approximate surface area is 159 Å². The molecular weight excluding hydrogens is 368 g/mol. The van der Waals surface area contributed by atoms with Gasteiger partial charge in [-0.25, -0.2) is 9.69 Å². The molecule has 27 heavy (non-hydrogen) atoms. The summed E-state index contributed by atoms with van der Waals surface area (Å²) in [5.74, 6) is -2.82. The van der Waals surface area contributed by atoms with Gasteiger partial charge in [-0.05, 0) is 37.3 Å². The summed E-state index contributed by atoms with van der Waals surface area (Å²) in [6.07, 6.45) is 1.11. The second-order valence-electron chi connectivity index (χ2n) is 5.83. The number of rotatable bonds is 3. The molecule has 1 atom stereocenters. The molecule has 0 bridgehead atoms. The average Bonchev–Trinajstić information content (AvgIpc) is 2.63. The van der Waals surface area contributed by atoms with Gasteiger partial charge in [0, 0.05) is 11.2 Å². The normalized spacial score (nSPS) is 17.1. The van der Waals surface area contributed by atoms with Gasteiger partial charge in [0.05, 0.1) is 16.9 Å².